The summed E-state index contributed by atoms with van der Waals surface area (Å²) in [5.74, 6) is 0.677. The summed E-state index contributed by atoms with van der Waals surface area (Å²) in [7, 11) is 0. The number of nitrogens with zero attached hydrogens (tertiary/aromatic N) is 3. The van der Waals surface area contributed by atoms with Crippen LogP contribution in [0.15, 0.2) is 40.6 Å². The van der Waals surface area contributed by atoms with Gasteiger partial charge in [0.1, 0.15) is 0 Å². The van der Waals surface area contributed by atoms with Crippen molar-refractivity contribution in [1.29, 1.82) is 0 Å². The molecule has 6 nitrogen and oxygen atoms in total. The van der Waals surface area contributed by atoms with Crippen molar-refractivity contribution in [2.75, 3.05) is 18.4 Å². The van der Waals surface area contributed by atoms with Gasteiger partial charge in [0, 0.05) is 42.0 Å². The molecule has 3 aromatic rings. The fourth-order valence-electron chi connectivity index (χ4n) is 3.72. The Kier molecular flexibility index (Phi) is 5.17. The molecule has 3 heterocycles. The van der Waals surface area contributed by atoms with Gasteiger partial charge in [0.05, 0.1) is 12.2 Å². The predicted octanol–water partition coefficient (Wildman–Crippen LogP) is 3.55. The molecule has 1 saturated heterocycles. The lowest BCUT2D eigenvalue weighted by Gasteiger charge is -2.31. The summed E-state index contributed by atoms with van der Waals surface area (Å²) in [4.78, 5) is 32.0. The first-order chi connectivity index (χ1) is 13.5. The van der Waals surface area contributed by atoms with Gasteiger partial charge in [-0.15, -0.1) is 11.3 Å². The summed E-state index contributed by atoms with van der Waals surface area (Å²) in [6.45, 7) is 6.33. The van der Waals surface area contributed by atoms with E-state index in [0.717, 1.165) is 36.3 Å². The maximum absolute atomic E-state index is 12.8. The fraction of sp³-hybridized carbons (Fsp3) is 0.381. The van der Waals surface area contributed by atoms with E-state index in [1.54, 1.807) is 16.7 Å². The van der Waals surface area contributed by atoms with Crippen molar-refractivity contribution in [3.05, 3.63) is 63.0 Å². The highest BCUT2D eigenvalue weighted by Crippen LogP contribution is 2.21. The lowest BCUT2D eigenvalue weighted by molar-refractivity contribution is 0.0683. The molecule has 0 saturated carbocycles. The van der Waals surface area contributed by atoms with Crippen molar-refractivity contribution in [3.8, 4) is 0 Å². The number of aromatic nitrogens is 2. The number of hydrogen-bond donors (Lipinski definition) is 1. The number of rotatable bonds is 4. The zero-order valence-corrected chi connectivity index (χ0v) is 17.0. The van der Waals surface area contributed by atoms with E-state index in [1.165, 1.54) is 17.8 Å². The summed E-state index contributed by atoms with van der Waals surface area (Å²) >= 11 is 1.44. The average Bonchev–Trinajstić information content (AvgIpc) is 3.15. The molecule has 146 valence electrons. The second-order valence-corrected chi connectivity index (χ2v) is 8.40. The average molecular weight is 397 g/mol. The molecule has 1 amide bonds. The van der Waals surface area contributed by atoms with Crippen LogP contribution in [0.1, 0.15) is 41.4 Å². The van der Waals surface area contributed by atoms with E-state index in [4.69, 9.17) is 0 Å². The van der Waals surface area contributed by atoms with E-state index in [1.807, 2.05) is 35.4 Å². The minimum atomic E-state index is -0.0727. The monoisotopic (exact) mass is 396 g/mol. The van der Waals surface area contributed by atoms with Crippen LogP contribution in [0.4, 0.5) is 5.69 Å². The van der Waals surface area contributed by atoms with E-state index >= 15 is 0 Å². The van der Waals surface area contributed by atoms with Crippen LogP contribution < -0.4 is 10.9 Å². The first kappa shape index (κ1) is 18.7. The van der Waals surface area contributed by atoms with Crippen molar-refractivity contribution in [2.24, 2.45) is 5.92 Å². The topological polar surface area (TPSA) is 66.7 Å². The molecule has 1 aliphatic heterocycles. The van der Waals surface area contributed by atoms with Crippen LogP contribution in [0, 0.1) is 12.8 Å². The van der Waals surface area contributed by atoms with Crippen molar-refractivity contribution in [3.63, 3.8) is 0 Å². The van der Waals surface area contributed by atoms with Crippen LogP contribution in [0.2, 0.25) is 0 Å². The SMILES string of the molecule is Cc1cc(C(=O)N2CCCC(C)C2)ccc1NCc1cc(=O)n2ccsc2n1. The van der Waals surface area contributed by atoms with Crippen LogP contribution >= 0.6 is 11.3 Å². The number of carbonyl (C=O) groups excluding carboxylic acids is 1. The smallest absolute Gasteiger partial charge is 0.258 e. The third-order valence-corrected chi connectivity index (χ3v) is 5.99. The van der Waals surface area contributed by atoms with Crippen molar-refractivity contribution in [1.82, 2.24) is 14.3 Å². The minimum absolute atomic E-state index is 0.0727. The molecule has 0 radical (unpaired) electrons. The Labute approximate surface area is 167 Å². The summed E-state index contributed by atoms with van der Waals surface area (Å²) in [5.41, 5.74) is 3.31. The normalized spacial score (nSPS) is 17.1. The Morgan fingerprint density at radius 2 is 2.21 bits per heavy atom. The molecule has 1 fully saturated rings. The molecular weight excluding hydrogens is 372 g/mol. The summed E-state index contributed by atoms with van der Waals surface area (Å²) < 4.78 is 1.54. The molecule has 0 spiro atoms. The van der Waals surface area contributed by atoms with Gasteiger partial charge in [0.25, 0.3) is 11.5 Å². The van der Waals surface area contributed by atoms with E-state index in [-0.39, 0.29) is 11.5 Å². The maximum atomic E-state index is 12.8. The lowest BCUT2D eigenvalue weighted by Crippen LogP contribution is -2.39. The molecule has 28 heavy (non-hydrogen) atoms. The second kappa shape index (κ2) is 7.75. The van der Waals surface area contributed by atoms with Crippen LogP contribution in [-0.4, -0.2) is 33.3 Å². The zero-order valence-electron chi connectivity index (χ0n) is 16.1. The third-order valence-electron chi connectivity index (χ3n) is 5.23. The number of anilines is 1. The molecule has 1 atom stereocenters. The number of fused-ring (bicyclic) bond motifs is 1. The molecular formula is C21H24N4O2S. The minimum Gasteiger partial charge on any atom is -0.379 e. The summed E-state index contributed by atoms with van der Waals surface area (Å²) in [6, 6.07) is 7.31. The number of piperidine rings is 1. The molecule has 0 bridgehead atoms. The molecule has 4 rings (SSSR count). The van der Waals surface area contributed by atoms with E-state index in [0.29, 0.717) is 23.1 Å². The number of likely N-dealkylation sites (tertiary alicyclic amines) is 1. The molecule has 1 N–H and O–H groups in total. The molecule has 0 aliphatic carbocycles. The fourth-order valence-corrected chi connectivity index (χ4v) is 4.45. The standard InChI is InChI=1S/C21H24N4O2S/c1-14-4-3-7-24(13-14)20(27)16-5-6-18(15(2)10-16)22-12-17-11-19(26)25-8-9-28-21(25)23-17/h5-6,8-11,14,22H,3-4,7,12-13H2,1-2H3. The van der Waals surface area contributed by atoms with Crippen LogP contribution in [0.3, 0.4) is 0 Å². The molecule has 2 aromatic heterocycles. The molecule has 1 aliphatic rings. The molecule has 1 aromatic carbocycles. The highest BCUT2D eigenvalue weighted by Gasteiger charge is 2.22. The van der Waals surface area contributed by atoms with Gasteiger partial charge in [-0.3, -0.25) is 14.0 Å². The highest BCUT2D eigenvalue weighted by atomic mass is 32.1. The van der Waals surface area contributed by atoms with Gasteiger partial charge in [-0.2, -0.15) is 0 Å². The van der Waals surface area contributed by atoms with Gasteiger partial charge in [0.15, 0.2) is 4.96 Å². The number of hydrogen-bond acceptors (Lipinski definition) is 5. The van der Waals surface area contributed by atoms with Crippen molar-refractivity contribution in [2.45, 2.75) is 33.2 Å². The van der Waals surface area contributed by atoms with E-state index in [9.17, 15) is 9.59 Å². The number of amides is 1. The Hall–Kier alpha value is -2.67. The van der Waals surface area contributed by atoms with Crippen LogP contribution in [0.25, 0.3) is 4.96 Å². The first-order valence-electron chi connectivity index (χ1n) is 9.61. The van der Waals surface area contributed by atoms with Gasteiger partial charge >= 0.3 is 0 Å². The quantitative estimate of drug-likeness (QED) is 0.732. The van der Waals surface area contributed by atoms with E-state index < -0.39 is 0 Å². The molecule has 1 unspecified atom stereocenters. The third kappa shape index (κ3) is 3.80. The van der Waals surface area contributed by atoms with Gasteiger partial charge in [-0.05, 0) is 49.4 Å². The van der Waals surface area contributed by atoms with E-state index in [2.05, 4.69) is 17.2 Å². The number of nitrogens with one attached hydrogen (secondary N) is 1. The van der Waals surface area contributed by atoms with Crippen molar-refractivity contribution < 1.29 is 4.79 Å². The van der Waals surface area contributed by atoms with Crippen LogP contribution in [0.5, 0.6) is 0 Å². The number of aryl methyl sites for hydroxylation is 1. The van der Waals surface area contributed by atoms with Crippen LogP contribution in [-0.2, 0) is 6.54 Å². The Morgan fingerprint density at radius 3 is 3.00 bits per heavy atom. The number of thiazole rings is 1. The molecule has 7 heteroatoms. The first-order valence-corrected chi connectivity index (χ1v) is 10.5. The maximum Gasteiger partial charge on any atom is 0.258 e. The summed E-state index contributed by atoms with van der Waals surface area (Å²) in [5, 5.41) is 5.19. The largest absolute Gasteiger partial charge is 0.379 e. The van der Waals surface area contributed by atoms with Gasteiger partial charge in [-0.1, -0.05) is 6.92 Å². The van der Waals surface area contributed by atoms with Crippen molar-refractivity contribution >= 4 is 27.9 Å². The second-order valence-electron chi connectivity index (χ2n) is 7.52. The Bertz CT molecular complexity index is 1070. The van der Waals surface area contributed by atoms with Gasteiger partial charge in [0.2, 0.25) is 0 Å². The highest BCUT2D eigenvalue weighted by molar-refractivity contribution is 7.15. The zero-order chi connectivity index (χ0) is 19.7. The Morgan fingerprint density at radius 1 is 1.36 bits per heavy atom. The Balaban J connectivity index is 1.46. The lowest BCUT2D eigenvalue weighted by atomic mass is 9.99. The van der Waals surface area contributed by atoms with Gasteiger partial charge in [-0.25, -0.2) is 4.98 Å². The number of carbonyl (C=O) groups is 1. The summed E-state index contributed by atoms with van der Waals surface area (Å²) in [6.07, 6.45) is 4.00. The number of benzene rings is 1. The van der Waals surface area contributed by atoms with Gasteiger partial charge < -0.3 is 10.2 Å². The predicted molar refractivity (Wildman–Crippen MR) is 112 cm³/mol.